The minimum Gasteiger partial charge on any atom is -0.472 e. The van der Waals surface area contributed by atoms with Crippen LogP contribution in [0, 0.1) is 0 Å². The van der Waals surface area contributed by atoms with Gasteiger partial charge in [0.2, 0.25) is 0 Å². The number of halogens is 3. The monoisotopic (exact) mass is 412 g/mol. The zero-order chi connectivity index (χ0) is 21.1. The van der Waals surface area contributed by atoms with Crippen molar-refractivity contribution in [3.63, 3.8) is 0 Å². The normalized spacial score (nSPS) is 17.0. The molecule has 0 radical (unpaired) electrons. The minimum absolute atomic E-state index is 0.164. The van der Waals surface area contributed by atoms with Crippen LogP contribution >= 0.6 is 11.6 Å². The van der Waals surface area contributed by atoms with Crippen LogP contribution in [0.1, 0.15) is 36.7 Å². The Labute approximate surface area is 167 Å². The number of rotatable bonds is 7. The van der Waals surface area contributed by atoms with Crippen LogP contribution in [0.2, 0.25) is 5.15 Å². The summed E-state index contributed by atoms with van der Waals surface area (Å²) in [6.45, 7) is 4.23. The number of aromatic nitrogens is 1. The third-order valence-electron chi connectivity index (χ3n) is 4.38. The molecule has 0 spiro atoms. The Morgan fingerprint density at radius 1 is 1.50 bits per heavy atom. The second kappa shape index (κ2) is 8.60. The van der Waals surface area contributed by atoms with Crippen LogP contribution in [-0.2, 0) is 11.3 Å². The van der Waals surface area contributed by atoms with E-state index in [1.807, 2.05) is 0 Å². The average Bonchev–Trinajstić information content (AvgIpc) is 2.97. The zero-order valence-electron chi connectivity index (χ0n) is 15.9. The molecule has 1 atom stereocenters. The number of ether oxygens (including phenoxy) is 1. The number of carbonyl (C=O) groups excluding carboxylic acids is 1. The summed E-state index contributed by atoms with van der Waals surface area (Å²) < 4.78 is 31.9. The molecule has 2 rings (SSSR count). The maximum absolute atomic E-state index is 13.5. The third kappa shape index (κ3) is 4.81. The van der Waals surface area contributed by atoms with E-state index in [4.69, 9.17) is 27.8 Å². The number of fused-ring (bicyclic) bond motifs is 1. The summed E-state index contributed by atoms with van der Waals surface area (Å²) in [5.41, 5.74) is 13.7. The molecular formula is C19H23ClF2N4O2. The lowest BCUT2D eigenvalue weighted by molar-refractivity contribution is -0.0196. The summed E-state index contributed by atoms with van der Waals surface area (Å²) in [5.74, 6) is -3.49. The van der Waals surface area contributed by atoms with Gasteiger partial charge in [0.15, 0.2) is 12.5 Å². The third-order valence-corrected chi connectivity index (χ3v) is 4.70. The number of nitrogens with two attached hydrogens (primary N) is 2. The Kier molecular flexibility index (Phi) is 6.66. The first kappa shape index (κ1) is 21.7. The summed E-state index contributed by atoms with van der Waals surface area (Å²) in [6, 6.07) is 1.14. The summed E-state index contributed by atoms with van der Waals surface area (Å²) in [7, 11) is 0. The van der Waals surface area contributed by atoms with Gasteiger partial charge >= 0.3 is 0 Å². The Balaban J connectivity index is 2.12. The molecule has 6 nitrogen and oxygen atoms in total. The molecule has 9 heteroatoms. The van der Waals surface area contributed by atoms with E-state index in [2.05, 4.69) is 4.98 Å². The first-order chi connectivity index (χ1) is 13.1. The zero-order valence-corrected chi connectivity index (χ0v) is 16.6. The van der Waals surface area contributed by atoms with Crippen LogP contribution in [-0.4, -0.2) is 34.4 Å². The molecule has 0 aromatic carbocycles. The first-order valence-electron chi connectivity index (χ1n) is 8.59. The van der Waals surface area contributed by atoms with Gasteiger partial charge in [0.1, 0.15) is 5.15 Å². The van der Waals surface area contributed by atoms with Gasteiger partial charge in [-0.25, -0.2) is 4.98 Å². The molecule has 1 aromatic rings. The number of alkyl halides is 2. The molecule has 28 heavy (non-hydrogen) atoms. The van der Waals surface area contributed by atoms with Gasteiger partial charge in [-0.3, -0.25) is 4.79 Å². The number of hydrogen-bond donors (Lipinski definition) is 2. The Morgan fingerprint density at radius 2 is 2.18 bits per heavy atom. The number of amides is 1. The van der Waals surface area contributed by atoms with Gasteiger partial charge in [0.25, 0.3) is 11.8 Å². The number of allylic oxidation sites excluding steroid dienone is 3. The predicted octanol–water partition coefficient (Wildman–Crippen LogP) is 3.34. The maximum Gasteiger partial charge on any atom is 0.299 e. The molecule has 0 saturated heterocycles. The topological polar surface area (TPSA) is 94.5 Å². The van der Waals surface area contributed by atoms with Crippen molar-refractivity contribution in [2.24, 2.45) is 11.5 Å². The fraction of sp³-hybridized carbons (Fsp3) is 0.368. The quantitative estimate of drug-likeness (QED) is 0.310. The van der Waals surface area contributed by atoms with Gasteiger partial charge < -0.3 is 21.1 Å². The van der Waals surface area contributed by atoms with Gasteiger partial charge in [-0.05, 0) is 39.0 Å². The van der Waals surface area contributed by atoms with E-state index in [0.717, 1.165) is 6.08 Å². The lowest BCUT2D eigenvalue weighted by Crippen LogP contribution is -2.37. The second-order valence-corrected chi connectivity index (χ2v) is 6.84. The van der Waals surface area contributed by atoms with Crippen LogP contribution in [0.4, 0.5) is 8.78 Å². The van der Waals surface area contributed by atoms with Crippen molar-refractivity contribution < 1.29 is 18.3 Å². The van der Waals surface area contributed by atoms with Crippen molar-refractivity contribution in [2.45, 2.75) is 39.3 Å². The number of nitrogens with zero attached hydrogens (tertiary/aromatic N) is 2. The summed E-state index contributed by atoms with van der Waals surface area (Å²) in [6.07, 6.45) is 4.95. The Bertz CT molecular complexity index is 852. The fourth-order valence-electron chi connectivity index (χ4n) is 2.73. The summed E-state index contributed by atoms with van der Waals surface area (Å²) >= 11 is 6.06. The lowest BCUT2D eigenvalue weighted by Gasteiger charge is -2.25. The average molecular weight is 413 g/mol. The number of pyridine rings is 1. The molecule has 1 amide bonds. The highest BCUT2D eigenvalue weighted by molar-refractivity contribution is 6.30. The van der Waals surface area contributed by atoms with Gasteiger partial charge in [-0.15, -0.1) is 0 Å². The van der Waals surface area contributed by atoms with Crippen molar-refractivity contribution in [3.05, 3.63) is 63.9 Å². The lowest BCUT2D eigenvalue weighted by atomic mass is 10.1. The van der Waals surface area contributed by atoms with Gasteiger partial charge in [0.05, 0.1) is 12.6 Å². The van der Waals surface area contributed by atoms with Crippen LogP contribution in [0.5, 0.6) is 0 Å². The fourth-order valence-corrected chi connectivity index (χ4v) is 2.95. The second-order valence-electron chi connectivity index (χ2n) is 6.48. The molecular weight excluding hydrogens is 390 g/mol. The first-order valence-corrected chi connectivity index (χ1v) is 8.97. The molecule has 0 fully saturated rings. The van der Waals surface area contributed by atoms with Gasteiger partial charge in [-0.2, -0.15) is 8.78 Å². The Morgan fingerprint density at radius 3 is 2.79 bits per heavy atom. The van der Waals surface area contributed by atoms with E-state index in [1.165, 1.54) is 25.3 Å². The molecule has 2 heterocycles. The molecule has 1 aliphatic rings. The van der Waals surface area contributed by atoms with Crippen molar-refractivity contribution in [2.75, 3.05) is 6.61 Å². The summed E-state index contributed by atoms with van der Waals surface area (Å²) in [4.78, 5) is 18.1. The molecule has 0 saturated carbocycles. The van der Waals surface area contributed by atoms with E-state index in [9.17, 15) is 13.6 Å². The van der Waals surface area contributed by atoms with Gasteiger partial charge in [0, 0.05) is 28.6 Å². The molecule has 1 unspecified atom stereocenters. The van der Waals surface area contributed by atoms with Crippen LogP contribution in [0.25, 0.3) is 0 Å². The van der Waals surface area contributed by atoms with Crippen LogP contribution in [0.3, 0.4) is 0 Å². The summed E-state index contributed by atoms with van der Waals surface area (Å²) in [5, 5.41) is 0.277. The predicted molar refractivity (Wildman–Crippen MR) is 103 cm³/mol. The van der Waals surface area contributed by atoms with E-state index in [0.29, 0.717) is 22.4 Å². The van der Waals surface area contributed by atoms with Crippen molar-refractivity contribution in [1.82, 2.24) is 9.88 Å². The molecule has 152 valence electrons. The SMILES string of the molecule is C/C=C/C(F)(F)CO/C(N)=C(C)/C=C(\N)C(C)N1Cc2c(ccnc2Cl)C1=O. The van der Waals surface area contributed by atoms with E-state index < -0.39 is 18.6 Å². The number of hydrogen-bond acceptors (Lipinski definition) is 5. The highest BCUT2D eigenvalue weighted by atomic mass is 35.5. The largest absolute Gasteiger partial charge is 0.472 e. The van der Waals surface area contributed by atoms with Crippen LogP contribution < -0.4 is 11.5 Å². The van der Waals surface area contributed by atoms with Crippen LogP contribution in [0.15, 0.2) is 47.6 Å². The molecule has 4 N–H and O–H groups in total. The Hall–Kier alpha value is -2.61. The van der Waals surface area contributed by atoms with E-state index in [-0.39, 0.29) is 23.5 Å². The highest BCUT2D eigenvalue weighted by Gasteiger charge is 2.33. The highest BCUT2D eigenvalue weighted by Crippen LogP contribution is 2.30. The van der Waals surface area contributed by atoms with Crippen molar-refractivity contribution >= 4 is 17.5 Å². The molecule has 0 aliphatic carbocycles. The maximum atomic E-state index is 13.5. The van der Waals surface area contributed by atoms with Gasteiger partial charge in [-0.1, -0.05) is 17.7 Å². The van der Waals surface area contributed by atoms with E-state index in [1.54, 1.807) is 24.8 Å². The van der Waals surface area contributed by atoms with Crippen molar-refractivity contribution in [3.8, 4) is 0 Å². The minimum atomic E-state index is -3.12. The smallest absolute Gasteiger partial charge is 0.299 e. The standard InChI is InChI=1S/C19H23ClF2N4O2/c1-4-6-19(21,22)10-28-17(24)11(2)8-15(23)12(3)26-9-14-13(18(26)27)5-7-25-16(14)20/h4-8,12H,9-10,23-24H2,1-3H3/b6-4+,15-8-,17-11+. The molecule has 0 bridgehead atoms. The number of carbonyl (C=O) groups is 1. The molecule has 1 aliphatic heterocycles. The van der Waals surface area contributed by atoms with Crippen molar-refractivity contribution in [1.29, 1.82) is 0 Å². The van der Waals surface area contributed by atoms with E-state index >= 15 is 0 Å². The molecule has 1 aromatic heterocycles.